The van der Waals surface area contributed by atoms with E-state index in [-0.39, 0.29) is 20.6 Å². The van der Waals surface area contributed by atoms with Crippen molar-refractivity contribution in [1.82, 2.24) is 4.98 Å². The normalized spacial score (nSPS) is 11.3. The van der Waals surface area contributed by atoms with Gasteiger partial charge in [0, 0.05) is 0 Å². The fourth-order valence-electron chi connectivity index (χ4n) is 1.31. The molecule has 20 heavy (non-hydrogen) atoms. The number of thiazole rings is 1. The summed E-state index contributed by atoms with van der Waals surface area (Å²) in [6.07, 6.45) is 1.31. The summed E-state index contributed by atoms with van der Waals surface area (Å²) < 4.78 is 26.7. The topological polar surface area (TPSA) is 96.4 Å². The summed E-state index contributed by atoms with van der Waals surface area (Å²) in [5.74, 6) is -1.24. The number of halogens is 2. The number of hydrogen-bond acceptors (Lipinski definition) is 5. The molecule has 0 aliphatic carbocycles. The van der Waals surface area contributed by atoms with Crippen LogP contribution in [-0.4, -0.2) is 24.5 Å². The molecule has 2 rings (SSSR count). The number of anilines is 1. The number of carbonyl (C=O) groups is 1. The first-order valence-corrected chi connectivity index (χ1v) is 8.02. The molecule has 0 bridgehead atoms. The monoisotopic (exact) mass is 352 g/mol. The molecule has 0 spiro atoms. The van der Waals surface area contributed by atoms with E-state index in [1.54, 1.807) is 0 Å². The number of rotatable bonds is 4. The molecule has 0 aliphatic heterocycles. The fourth-order valence-corrected chi connectivity index (χ4v) is 3.72. The molecule has 1 aromatic heterocycles. The molecule has 0 saturated carbocycles. The van der Waals surface area contributed by atoms with Crippen LogP contribution in [0.4, 0.5) is 5.13 Å². The number of nitrogens with one attached hydrogen (secondary N) is 1. The Morgan fingerprint density at radius 2 is 2.05 bits per heavy atom. The molecule has 1 aromatic carbocycles. The average Bonchev–Trinajstić information content (AvgIpc) is 2.73. The van der Waals surface area contributed by atoms with Gasteiger partial charge >= 0.3 is 5.97 Å². The number of carboxylic acid groups (broad SMARTS) is 1. The largest absolute Gasteiger partial charge is 0.478 e. The molecule has 0 aliphatic rings. The van der Waals surface area contributed by atoms with E-state index in [0.717, 1.165) is 29.5 Å². The van der Waals surface area contributed by atoms with Crippen LogP contribution >= 0.6 is 34.5 Å². The average molecular weight is 353 g/mol. The van der Waals surface area contributed by atoms with Gasteiger partial charge in [0.2, 0.25) is 0 Å². The van der Waals surface area contributed by atoms with Crippen LogP contribution in [0.15, 0.2) is 29.3 Å². The fraction of sp³-hybridized carbons (Fsp3) is 0. The van der Waals surface area contributed by atoms with Gasteiger partial charge in [0.1, 0.15) is 4.34 Å². The first-order valence-electron chi connectivity index (χ1n) is 4.96. The van der Waals surface area contributed by atoms with Crippen LogP contribution < -0.4 is 4.72 Å². The molecule has 0 radical (unpaired) electrons. The Bertz CT molecular complexity index is 773. The Morgan fingerprint density at radius 3 is 2.55 bits per heavy atom. The van der Waals surface area contributed by atoms with Gasteiger partial charge in [-0.15, -0.1) is 0 Å². The van der Waals surface area contributed by atoms with Crippen molar-refractivity contribution in [3.8, 4) is 0 Å². The molecule has 0 unspecified atom stereocenters. The van der Waals surface area contributed by atoms with Crippen molar-refractivity contribution in [2.24, 2.45) is 0 Å². The summed E-state index contributed by atoms with van der Waals surface area (Å²) in [7, 11) is -3.90. The molecule has 2 N–H and O–H groups in total. The first kappa shape index (κ1) is 15.0. The van der Waals surface area contributed by atoms with Gasteiger partial charge in [0.05, 0.1) is 21.7 Å². The highest BCUT2D eigenvalue weighted by molar-refractivity contribution is 7.93. The smallest absolute Gasteiger partial charge is 0.337 e. The Labute approximate surface area is 128 Å². The second kappa shape index (κ2) is 5.57. The maximum Gasteiger partial charge on any atom is 0.337 e. The van der Waals surface area contributed by atoms with E-state index < -0.39 is 16.0 Å². The van der Waals surface area contributed by atoms with Crippen molar-refractivity contribution in [3.05, 3.63) is 39.3 Å². The molecule has 0 fully saturated rings. The van der Waals surface area contributed by atoms with Gasteiger partial charge in [-0.1, -0.05) is 34.5 Å². The lowest BCUT2D eigenvalue weighted by atomic mass is 10.2. The van der Waals surface area contributed by atoms with E-state index in [2.05, 4.69) is 9.71 Å². The molecule has 0 atom stereocenters. The Balaban J connectivity index is 2.35. The standard InChI is InChI=1S/C10H6Cl2N2O4S2/c11-7-3-5(1-2-6(7)9(15)16)20(17,18)14-10-13-4-8(12)19-10/h1-4H,(H,13,14)(H,15,16). The zero-order valence-electron chi connectivity index (χ0n) is 9.50. The maximum atomic E-state index is 12.1. The van der Waals surface area contributed by atoms with Crippen LogP contribution in [0.2, 0.25) is 9.36 Å². The molecule has 106 valence electrons. The number of sulfonamides is 1. The number of hydrogen-bond donors (Lipinski definition) is 2. The van der Waals surface area contributed by atoms with Crippen molar-refractivity contribution in [2.45, 2.75) is 4.90 Å². The predicted octanol–water partition coefficient (Wildman–Crippen LogP) is 2.95. The lowest BCUT2D eigenvalue weighted by molar-refractivity contribution is 0.0697. The minimum Gasteiger partial charge on any atom is -0.478 e. The Kier molecular flexibility index (Phi) is 4.19. The highest BCUT2D eigenvalue weighted by atomic mass is 35.5. The van der Waals surface area contributed by atoms with Gasteiger partial charge in [0.15, 0.2) is 5.13 Å². The third-order valence-electron chi connectivity index (χ3n) is 2.18. The number of aromatic nitrogens is 1. The zero-order valence-corrected chi connectivity index (χ0v) is 12.6. The minimum atomic E-state index is -3.90. The van der Waals surface area contributed by atoms with Gasteiger partial charge < -0.3 is 5.11 Å². The lowest BCUT2D eigenvalue weighted by Crippen LogP contribution is -2.13. The summed E-state index contributed by atoms with van der Waals surface area (Å²) in [5, 5.41) is 8.76. The summed E-state index contributed by atoms with van der Waals surface area (Å²) in [4.78, 5) is 14.4. The van der Waals surface area contributed by atoms with Crippen molar-refractivity contribution in [3.63, 3.8) is 0 Å². The van der Waals surface area contributed by atoms with Gasteiger partial charge in [-0.3, -0.25) is 4.72 Å². The second-order valence-electron chi connectivity index (χ2n) is 3.52. The summed E-state index contributed by atoms with van der Waals surface area (Å²) in [5.41, 5.74) is -0.178. The van der Waals surface area contributed by atoms with Crippen LogP contribution in [-0.2, 0) is 10.0 Å². The molecular formula is C10H6Cl2N2O4S2. The van der Waals surface area contributed by atoms with Gasteiger partial charge in [-0.05, 0) is 18.2 Å². The summed E-state index contributed by atoms with van der Waals surface area (Å²) >= 11 is 12.3. The van der Waals surface area contributed by atoms with Crippen molar-refractivity contribution >= 4 is 55.7 Å². The highest BCUT2D eigenvalue weighted by Gasteiger charge is 2.19. The van der Waals surface area contributed by atoms with Crippen LogP contribution in [0.3, 0.4) is 0 Å². The third kappa shape index (κ3) is 3.21. The SMILES string of the molecule is O=C(O)c1ccc(S(=O)(=O)Nc2ncc(Cl)s2)cc1Cl. The van der Waals surface area contributed by atoms with Gasteiger partial charge in [-0.25, -0.2) is 18.2 Å². The summed E-state index contributed by atoms with van der Waals surface area (Å²) in [6.45, 7) is 0. The molecular weight excluding hydrogens is 347 g/mol. The molecule has 0 saturated heterocycles. The number of nitrogens with zero attached hydrogens (tertiary/aromatic N) is 1. The maximum absolute atomic E-state index is 12.1. The van der Waals surface area contributed by atoms with E-state index in [0.29, 0.717) is 4.34 Å². The van der Waals surface area contributed by atoms with E-state index in [1.165, 1.54) is 6.20 Å². The van der Waals surface area contributed by atoms with Gasteiger partial charge in [-0.2, -0.15) is 0 Å². The third-order valence-corrected chi connectivity index (χ3v) is 4.99. The van der Waals surface area contributed by atoms with E-state index in [1.807, 2.05) is 0 Å². The lowest BCUT2D eigenvalue weighted by Gasteiger charge is -2.06. The molecule has 6 nitrogen and oxygen atoms in total. The molecule has 2 aromatic rings. The number of benzene rings is 1. The zero-order chi connectivity index (χ0) is 14.9. The molecule has 10 heteroatoms. The predicted molar refractivity (Wildman–Crippen MR) is 76.3 cm³/mol. The van der Waals surface area contributed by atoms with Crippen molar-refractivity contribution in [1.29, 1.82) is 0 Å². The van der Waals surface area contributed by atoms with Crippen molar-refractivity contribution < 1.29 is 18.3 Å². The minimum absolute atomic E-state index is 0.105. The van der Waals surface area contributed by atoms with Crippen LogP contribution in [0.1, 0.15) is 10.4 Å². The Morgan fingerprint density at radius 1 is 1.35 bits per heavy atom. The van der Waals surface area contributed by atoms with Crippen LogP contribution in [0.5, 0.6) is 0 Å². The second-order valence-corrected chi connectivity index (χ2v) is 7.27. The molecule has 1 heterocycles. The number of carboxylic acids is 1. The van der Waals surface area contributed by atoms with E-state index in [9.17, 15) is 13.2 Å². The van der Waals surface area contributed by atoms with E-state index >= 15 is 0 Å². The number of aromatic carboxylic acids is 1. The molecule has 0 amide bonds. The first-order chi connectivity index (χ1) is 9.29. The van der Waals surface area contributed by atoms with E-state index in [4.69, 9.17) is 28.3 Å². The van der Waals surface area contributed by atoms with Gasteiger partial charge in [0.25, 0.3) is 10.0 Å². The summed E-state index contributed by atoms with van der Waals surface area (Å²) in [6, 6.07) is 3.32. The van der Waals surface area contributed by atoms with Crippen LogP contribution in [0.25, 0.3) is 0 Å². The van der Waals surface area contributed by atoms with Crippen molar-refractivity contribution in [2.75, 3.05) is 4.72 Å². The highest BCUT2D eigenvalue weighted by Crippen LogP contribution is 2.26. The Hall–Kier alpha value is -1.35. The quantitative estimate of drug-likeness (QED) is 0.881. The van der Waals surface area contributed by atoms with Crippen LogP contribution in [0, 0.1) is 0 Å².